The van der Waals surface area contributed by atoms with Gasteiger partial charge in [0.2, 0.25) is 11.3 Å². The van der Waals surface area contributed by atoms with E-state index < -0.39 is 0 Å². The standard InChI is InChI=1S/C12H10N2O2/c1-14(2)12-9(7-13)8-5-3-4-6-10(15)11(8)16-12/h3-6H,1-2H3. The van der Waals surface area contributed by atoms with Gasteiger partial charge in [0.05, 0.1) is 0 Å². The molecule has 4 heteroatoms. The lowest BCUT2D eigenvalue weighted by Gasteiger charge is -2.06. The van der Waals surface area contributed by atoms with Crippen LogP contribution in [-0.4, -0.2) is 14.1 Å². The van der Waals surface area contributed by atoms with Crippen LogP contribution in [0.2, 0.25) is 0 Å². The molecule has 4 nitrogen and oxygen atoms in total. The molecule has 0 saturated heterocycles. The highest BCUT2D eigenvalue weighted by Crippen LogP contribution is 2.28. The molecule has 0 aliphatic carbocycles. The van der Waals surface area contributed by atoms with Crippen LogP contribution in [-0.2, 0) is 0 Å². The zero-order valence-corrected chi connectivity index (χ0v) is 9.02. The SMILES string of the molecule is CN(C)c1oc2c(=O)ccccc2c1C#N. The number of nitriles is 1. The number of fused-ring (bicyclic) bond motifs is 1. The van der Waals surface area contributed by atoms with Gasteiger partial charge in [-0.15, -0.1) is 0 Å². The maximum Gasteiger partial charge on any atom is 0.221 e. The number of furan rings is 1. The van der Waals surface area contributed by atoms with Gasteiger partial charge in [-0.2, -0.15) is 5.26 Å². The van der Waals surface area contributed by atoms with Crippen molar-refractivity contribution >= 4 is 16.9 Å². The van der Waals surface area contributed by atoms with Crippen molar-refractivity contribution in [3.8, 4) is 6.07 Å². The molecule has 2 aromatic rings. The fourth-order valence-electron chi connectivity index (χ4n) is 1.57. The lowest BCUT2D eigenvalue weighted by Crippen LogP contribution is -2.08. The lowest BCUT2D eigenvalue weighted by atomic mass is 10.2. The molecule has 0 aliphatic rings. The van der Waals surface area contributed by atoms with Crippen LogP contribution >= 0.6 is 0 Å². The molecule has 0 unspecified atom stereocenters. The van der Waals surface area contributed by atoms with Gasteiger partial charge in [-0.05, 0) is 12.1 Å². The maximum absolute atomic E-state index is 11.7. The molecule has 0 amide bonds. The van der Waals surface area contributed by atoms with Crippen molar-refractivity contribution in [3.05, 3.63) is 40.1 Å². The summed E-state index contributed by atoms with van der Waals surface area (Å²) in [6.07, 6.45) is 0. The monoisotopic (exact) mass is 214 g/mol. The topological polar surface area (TPSA) is 57.2 Å². The summed E-state index contributed by atoms with van der Waals surface area (Å²) in [5.74, 6) is 0.417. The van der Waals surface area contributed by atoms with E-state index in [2.05, 4.69) is 6.07 Å². The van der Waals surface area contributed by atoms with Crippen molar-refractivity contribution < 1.29 is 4.42 Å². The third kappa shape index (κ3) is 1.43. The number of hydrogen-bond acceptors (Lipinski definition) is 4. The first-order valence-electron chi connectivity index (χ1n) is 4.78. The zero-order valence-electron chi connectivity index (χ0n) is 9.02. The van der Waals surface area contributed by atoms with Gasteiger partial charge in [-0.3, -0.25) is 4.79 Å². The molecule has 0 bridgehead atoms. The summed E-state index contributed by atoms with van der Waals surface area (Å²) < 4.78 is 5.43. The molecular weight excluding hydrogens is 204 g/mol. The van der Waals surface area contributed by atoms with Crippen molar-refractivity contribution in [1.82, 2.24) is 0 Å². The van der Waals surface area contributed by atoms with E-state index in [1.54, 1.807) is 37.2 Å². The van der Waals surface area contributed by atoms with Gasteiger partial charge in [0.15, 0.2) is 5.58 Å². The second kappa shape index (κ2) is 3.70. The highest BCUT2D eigenvalue weighted by Gasteiger charge is 2.16. The Kier molecular flexibility index (Phi) is 2.37. The van der Waals surface area contributed by atoms with Crippen molar-refractivity contribution in [2.45, 2.75) is 0 Å². The molecule has 0 atom stereocenters. The molecule has 80 valence electrons. The minimum absolute atomic E-state index is 0.218. The van der Waals surface area contributed by atoms with E-state index in [0.29, 0.717) is 16.8 Å². The summed E-state index contributed by atoms with van der Waals surface area (Å²) in [6.45, 7) is 0. The van der Waals surface area contributed by atoms with E-state index in [-0.39, 0.29) is 11.0 Å². The smallest absolute Gasteiger partial charge is 0.221 e. The highest BCUT2D eigenvalue weighted by molar-refractivity contribution is 5.88. The molecule has 0 radical (unpaired) electrons. The second-order valence-electron chi connectivity index (χ2n) is 3.61. The zero-order chi connectivity index (χ0) is 11.7. The Morgan fingerprint density at radius 1 is 1.31 bits per heavy atom. The summed E-state index contributed by atoms with van der Waals surface area (Å²) in [7, 11) is 3.53. The van der Waals surface area contributed by atoms with E-state index in [1.807, 2.05) is 0 Å². The first kappa shape index (κ1) is 10.2. The van der Waals surface area contributed by atoms with Crippen LogP contribution in [0.5, 0.6) is 0 Å². The van der Waals surface area contributed by atoms with Crippen molar-refractivity contribution in [2.75, 3.05) is 19.0 Å². The van der Waals surface area contributed by atoms with Crippen LogP contribution in [0.3, 0.4) is 0 Å². The van der Waals surface area contributed by atoms with Gasteiger partial charge in [-0.25, -0.2) is 0 Å². The van der Waals surface area contributed by atoms with Gasteiger partial charge in [0.25, 0.3) is 0 Å². The Morgan fingerprint density at radius 2 is 2.00 bits per heavy atom. The van der Waals surface area contributed by atoms with E-state index in [1.165, 1.54) is 6.07 Å². The van der Waals surface area contributed by atoms with Crippen molar-refractivity contribution in [1.29, 1.82) is 5.26 Å². The molecule has 1 aromatic carbocycles. The summed E-state index contributed by atoms with van der Waals surface area (Å²) >= 11 is 0. The molecule has 0 aliphatic heterocycles. The predicted molar refractivity (Wildman–Crippen MR) is 61.5 cm³/mol. The molecule has 1 aromatic heterocycles. The number of hydrogen-bond donors (Lipinski definition) is 0. The summed E-state index contributed by atoms with van der Waals surface area (Å²) in [4.78, 5) is 13.3. The predicted octanol–water partition coefficient (Wildman–Crippen LogP) is 1.73. The average molecular weight is 214 g/mol. The van der Waals surface area contributed by atoms with Gasteiger partial charge < -0.3 is 9.32 Å². The van der Waals surface area contributed by atoms with E-state index in [4.69, 9.17) is 9.68 Å². The van der Waals surface area contributed by atoms with Gasteiger partial charge in [0, 0.05) is 19.5 Å². The molecule has 0 N–H and O–H groups in total. The minimum Gasteiger partial charge on any atom is -0.435 e. The van der Waals surface area contributed by atoms with E-state index in [9.17, 15) is 4.79 Å². The Bertz CT molecular complexity index is 635. The van der Waals surface area contributed by atoms with Crippen molar-refractivity contribution in [3.63, 3.8) is 0 Å². The summed E-state index contributed by atoms with van der Waals surface area (Å²) in [6, 6.07) is 8.56. The normalized spacial score (nSPS) is 10.1. The van der Waals surface area contributed by atoms with Crippen LogP contribution < -0.4 is 10.3 Å². The first-order chi connectivity index (χ1) is 7.65. The Hall–Kier alpha value is -2.28. The number of nitrogens with zero attached hydrogens (tertiary/aromatic N) is 2. The van der Waals surface area contributed by atoms with Crippen LogP contribution in [0, 0.1) is 11.3 Å². The number of rotatable bonds is 1. The van der Waals surface area contributed by atoms with Crippen LogP contribution in [0.15, 0.2) is 33.5 Å². The van der Waals surface area contributed by atoms with Gasteiger partial charge >= 0.3 is 0 Å². The van der Waals surface area contributed by atoms with E-state index in [0.717, 1.165) is 0 Å². The van der Waals surface area contributed by atoms with Crippen molar-refractivity contribution in [2.24, 2.45) is 0 Å². The molecule has 2 rings (SSSR count). The second-order valence-corrected chi connectivity index (χ2v) is 3.61. The molecule has 1 heterocycles. The fraction of sp³-hybridized carbons (Fsp3) is 0.167. The van der Waals surface area contributed by atoms with Gasteiger partial charge in [0.1, 0.15) is 11.6 Å². The quantitative estimate of drug-likeness (QED) is 0.725. The third-order valence-electron chi connectivity index (χ3n) is 2.29. The highest BCUT2D eigenvalue weighted by atomic mass is 16.4. The largest absolute Gasteiger partial charge is 0.435 e. The number of anilines is 1. The van der Waals surface area contributed by atoms with Crippen LogP contribution in [0.4, 0.5) is 5.88 Å². The molecule has 16 heavy (non-hydrogen) atoms. The lowest BCUT2D eigenvalue weighted by molar-refractivity contribution is 0.606. The molecular formula is C12H10N2O2. The minimum atomic E-state index is -0.218. The van der Waals surface area contributed by atoms with Gasteiger partial charge in [-0.1, -0.05) is 12.1 Å². The summed E-state index contributed by atoms with van der Waals surface area (Å²) in [5.41, 5.74) is 0.406. The van der Waals surface area contributed by atoms with E-state index >= 15 is 0 Å². The van der Waals surface area contributed by atoms with Crippen LogP contribution in [0.1, 0.15) is 5.56 Å². The third-order valence-corrected chi connectivity index (χ3v) is 2.29. The first-order valence-corrected chi connectivity index (χ1v) is 4.78. The average Bonchev–Trinajstić information content (AvgIpc) is 2.53. The summed E-state index contributed by atoms with van der Waals surface area (Å²) in [5, 5.41) is 9.64. The molecule has 0 spiro atoms. The maximum atomic E-state index is 11.7. The Balaban J connectivity index is 2.98. The Morgan fingerprint density at radius 3 is 2.62 bits per heavy atom. The fourth-order valence-corrected chi connectivity index (χ4v) is 1.57. The molecule has 0 fully saturated rings. The van der Waals surface area contributed by atoms with Crippen LogP contribution in [0.25, 0.3) is 11.0 Å². The molecule has 0 saturated carbocycles. The Labute approximate surface area is 92.3 Å².